The summed E-state index contributed by atoms with van der Waals surface area (Å²) in [6.07, 6.45) is 5.09. The van der Waals surface area contributed by atoms with Gasteiger partial charge in [0.05, 0.1) is 0 Å². The zero-order valence-corrected chi connectivity index (χ0v) is 13.7. The Balaban J connectivity index is 2.01. The van der Waals surface area contributed by atoms with Gasteiger partial charge in [0, 0.05) is 32.2 Å². The van der Waals surface area contributed by atoms with Gasteiger partial charge < -0.3 is 5.32 Å². The van der Waals surface area contributed by atoms with Crippen molar-refractivity contribution in [3.63, 3.8) is 0 Å². The molecule has 0 aromatic carbocycles. The summed E-state index contributed by atoms with van der Waals surface area (Å²) in [6.45, 7) is 7.89. The van der Waals surface area contributed by atoms with E-state index >= 15 is 0 Å². The highest BCUT2D eigenvalue weighted by molar-refractivity contribution is 7.86. The zero-order chi connectivity index (χ0) is 14.6. The van der Waals surface area contributed by atoms with E-state index < -0.39 is 10.2 Å². The normalized spacial score (nSPS) is 26.4. The van der Waals surface area contributed by atoms with Crippen LogP contribution in [0, 0.1) is 5.92 Å². The van der Waals surface area contributed by atoms with Crippen LogP contribution in [-0.4, -0.2) is 55.8 Å². The van der Waals surface area contributed by atoms with Crippen molar-refractivity contribution in [2.24, 2.45) is 5.92 Å². The minimum Gasteiger partial charge on any atom is -0.313 e. The van der Waals surface area contributed by atoms with Crippen molar-refractivity contribution in [1.82, 2.24) is 13.9 Å². The Bertz CT molecular complexity index is 385. The second-order valence-electron chi connectivity index (χ2n) is 6.24. The summed E-state index contributed by atoms with van der Waals surface area (Å²) < 4.78 is 29.0. The molecule has 2 aliphatic heterocycles. The van der Waals surface area contributed by atoms with E-state index in [1.54, 1.807) is 8.61 Å². The zero-order valence-electron chi connectivity index (χ0n) is 12.8. The number of nitrogens with zero attached hydrogens (tertiary/aromatic N) is 2. The van der Waals surface area contributed by atoms with Crippen LogP contribution in [0.4, 0.5) is 0 Å². The molecule has 1 atom stereocenters. The van der Waals surface area contributed by atoms with Crippen molar-refractivity contribution in [1.29, 1.82) is 0 Å². The van der Waals surface area contributed by atoms with Gasteiger partial charge in [-0.3, -0.25) is 0 Å². The first kappa shape index (κ1) is 16.2. The van der Waals surface area contributed by atoms with Crippen LogP contribution < -0.4 is 5.32 Å². The standard InChI is InChI=1S/C14H29N3O2S/c1-3-9-17(12-14-5-4-8-15-14)20(18,19)16-10-6-13(2)7-11-16/h13-15H,3-12H2,1-2H3. The lowest BCUT2D eigenvalue weighted by Crippen LogP contribution is -2.50. The van der Waals surface area contributed by atoms with Gasteiger partial charge in [0.15, 0.2) is 0 Å². The first-order valence-corrected chi connectivity index (χ1v) is 9.42. The van der Waals surface area contributed by atoms with E-state index in [2.05, 4.69) is 12.2 Å². The maximum atomic E-state index is 12.8. The van der Waals surface area contributed by atoms with E-state index in [0.717, 1.165) is 38.6 Å². The van der Waals surface area contributed by atoms with Crippen LogP contribution in [0.15, 0.2) is 0 Å². The Morgan fingerprint density at radius 3 is 2.50 bits per heavy atom. The molecule has 2 rings (SSSR count). The minimum atomic E-state index is -3.27. The van der Waals surface area contributed by atoms with Crippen LogP contribution >= 0.6 is 0 Å². The molecule has 0 spiro atoms. The van der Waals surface area contributed by atoms with Gasteiger partial charge in [-0.1, -0.05) is 13.8 Å². The van der Waals surface area contributed by atoms with Crippen LogP contribution in [0.1, 0.15) is 46.0 Å². The fraction of sp³-hybridized carbons (Fsp3) is 1.00. The summed E-state index contributed by atoms with van der Waals surface area (Å²) in [5.41, 5.74) is 0. The Hall–Kier alpha value is -0.170. The molecular weight excluding hydrogens is 274 g/mol. The van der Waals surface area contributed by atoms with Crippen LogP contribution in [0.5, 0.6) is 0 Å². The fourth-order valence-corrected chi connectivity index (χ4v) is 4.87. The molecule has 0 bridgehead atoms. The topological polar surface area (TPSA) is 52.7 Å². The quantitative estimate of drug-likeness (QED) is 0.807. The lowest BCUT2D eigenvalue weighted by atomic mass is 10.0. The highest BCUT2D eigenvalue weighted by Gasteiger charge is 2.33. The van der Waals surface area contributed by atoms with Crippen LogP contribution in [0.25, 0.3) is 0 Å². The molecule has 0 radical (unpaired) electrons. The number of rotatable bonds is 6. The number of nitrogens with one attached hydrogen (secondary N) is 1. The minimum absolute atomic E-state index is 0.333. The summed E-state index contributed by atoms with van der Waals surface area (Å²) in [5.74, 6) is 0.651. The molecule has 118 valence electrons. The van der Waals surface area contributed by atoms with E-state index in [4.69, 9.17) is 0 Å². The average Bonchev–Trinajstić information content (AvgIpc) is 2.92. The van der Waals surface area contributed by atoms with Gasteiger partial charge in [0.1, 0.15) is 0 Å². The van der Waals surface area contributed by atoms with E-state index in [0.29, 0.717) is 38.1 Å². The van der Waals surface area contributed by atoms with Crippen molar-refractivity contribution in [2.75, 3.05) is 32.7 Å². The Kier molecular flexibility index (Phi) is 5.84. The van der Waals surface area contributed by atoms with Gasteiger partial charge >= 0.3 is 0 Å². The van der Waals surface area contributed by atoms with Gasteiger partial charge in [0.25, 0.3) is 10.2 Å². The predicted octanol–water partition coefficient (Wildman–Crippen LogP) is 1.43. The molecule has 20 heavy (non-hydrogen) atoms. The maximum absolute atomic E-state index is 12.8. The molecule has 1 N–H and O–H groups in total. The van der Waals surface area contributed by atoms with E-state index in [1.807, 2.05) is 6.92 Å². The van der Waals surface area contributed by atoms with E-state index in [-0.39, 0.29) is 0 Å². The van der Waals surface area contributed by atoms with Crippen molar-refractivity contribution >= 4 is 10.2 Å². The van der Waals surface area contributed by atoms with E-state index in [9.17, 15) is 8.42 Å². The summed E-state index contributed by atoms with van der Waals surface area (Å²) in [4.78, 5) is 0. The Morgan fingerprint density at radius 2 is 1.95 bits per heavy atom. The van der Waals surface area contributed by atoms with Gasteiger partial charge in [0.2, 0.25) is 0 Å². The third-order valence-corrected chi connectivity index (χ3v) is 6.46. The number of piperidine rings is 1. The molecule has 5 nitrogen and oxygen atoms in total. The van der Waals surface area contributed by atoms with Gasteiger partial charge in [-0.2, -0.15) is 17.0 Å². The molecule has 0 aliphatic carbocycles. The van der Waals surface area contributed by atoms with Gasteiger partial charge in [-0.15, -0.1) is 0 Å². The van der Waals surface area contributed by atoms with Crippen molar-refractivity contribution in [2.45, 2.75) is 52.0 Å². The summed E-state index contributed by atoms with van der Waals surface area (Å²) in [5, 5.41) is 3.40. The number of hydrogen-bond acceptors (Lipinski definition) is 3. The molecule has 2 saturated heterocycles. The molecule has 2 fully saturated rings. The maximum Gasteiger partial charge on any atom is 0.282 e. The monoisotopic (exact) mass is 303 g/mol. The van der Waals surface area contributed by atoms with Crippen molar-refractivity contribution < 1.29 is 8.42 Å². The lowest BCUT2D eigenvalue weighted by Gasteiger charge is -2.34. The second kappa shape index (κ2) is 7.20. The number of hydrogen-bond donors (Lipinski definition) is 1. The van der Waals surface area contributed by atoms with Crippen LogP contribution in [-0.2, 0) is 10.2 Å². The van der Waals surface area contributed by atoms with Gasteiger partial charge in [-0.25, -0.2) is 0 Å². The molecule has 1 unspecified atom stereocenters. The summed E-state index contributed by atoms with van der Waals surface area (Å²) in [6, 6.07) is 0.333. The lowest BCUT2D eigenvalue weighted by molar-refractivity contribution is 0.258. The van der Waals surface area contributed by atoms with Crippen molar-refractivity contribution in [3.05, 3.63) is 0 Å². The third-order valence-electron chi connectivity index (χ3n) is 4.45. The predicted molar refractivity (Wildman–Crippen MR) is 81.8 cm³/mol. The summed E-state index contributed by atoms with van der Waals surface area (Å²) >= 11 is 0. The fourth-order valence-electron chi connectivity index (χ4n) is 3.09. The average molecular weight is 303 g/mol. The first-order chi connectivity index (χ1) is 9.54. The van der Waals surface area contributed by atoms with Crippen molar-refractivity contribution in [3.8, 4) is 0 Å². The largest absolute Gasteiger partial charge is 0.313 e. The van der Waals surface area contributed by atoms with Crippen LogP contribution in [0.3, 0.4) is 0 Å². The molecule has 0 aromatic rings. The highest BCUT2D eigenvalue weighted by atomic mass is 32.2. The molecular formula is C14H29N3O2S. The Labute approximate surface area is 123 Å². The second-order valence-corrected chi connectivity index (χ2v) is 8.17. The summed E-state index contributed by atoms with van der Waals surface area (Å²) in [7, 11) is -3.27. The molecule has 2 aliphatic rings. The smallest absolute Gasteiger partial charge is 0.282 e. The van der Waals surface area contributed by atoms with E-state index in [1.165, 1.54) is 0 Å². The third kappa shape index (κ3) is 3.93. The first-order valence-electron chi connectivity index (χ1n) is 8.02. The molecule has 2 heterocycles. The van der Waals surface area contributed by atoms with Gasteiger partial charge in [-0.05, 0) is 44.6 Å². The van der Waals surface area contributed by atoms with Crippen LogP contribution in [0.2, 0.25) is 0 Å². The molecule has 0 saturated carbocycles. The highest BCUT2D eigenvalue weighted by Crippen LogP contribution is 2.21. The SMILES string of the molecule is CCCN(CC1CCCN1)S(=O)(=O)N1CCC(C)CC1. The molecule has 6 heteroatoms. The Morgan fingerprint density at radius 1 is 1.25 bits per heavy atom. The molecule has 0 aromatic heterocycles. The molecule has 0 amide bonds.